The van der Waals surface area contributed by atoms with Crippen LogP contribution in [0.1, 0.15) is 10.4 Å². The zero-order valence-corrected chi connectivity index (χ0v) is 10.7. The third kappa shape index (κ3) is 2.66. The van der Waals surface area contributed by atoms with Crippen LogP contribution in [0.4, 0.5) is 4.39 Å². The Labute approximate surface area is 101 Å². The fraction of sp³-hybridized carbons (Fsp3) is 0.222. The zero-order chi connectivity index (χ0) is 12.5. The van der Waals surface area contributed by atoms with Gasteiger partial charge in [-0.25, -0.2) is 12.8 Å². The Morgan fingerprint density at radius 2 is 2.06 bits per heavy atom. The van der Waals surface area contributed by atoms with Crippen molar-refractivity contribution in [3.05, 3.63) is 28.0 Å². The summed E-state index contributed by atoms with van der Waals surface area (Å²) in [6.07, 6.45) is 0.889. The molecule has 0 atom stereocenters. The third-order valence-electron chi connectivity index (χ3n) is 1.88. The second-order valence-electron chi connectivity index (χ2n) is 3.17. The number of nitrogens with two attached hydrogens (primary N) is 1. The number of sulfone groups is 1. The van der Waals surface area contributed by atoms with E-state index < -0.39 is 26.3 Å². The molecule has 0 aliphatic heterocycles. The Morgan fingerprint density at radius 1 is 1.50 bits per heavy atom. The summed E-state index contributed by atoms with van der Waals surface area (Å²) in [7, 11) is -3.68. The van der Waals surface area contributed by atoms with Crippen LogP contribution in [-0.4, -0.2) is 27.0 Å². The van der Waals surface area contributed by atoms with Crippen molar-refractivity contribution in [3.63, 3.8) is 0 Å². The highest BCUT2D eigenvalue weighted by Crippen LogP contribution is 2.26. The van der Waals surface area contributed by atoms with Crippen molar-refractivity contribution in [3.8, 4) is 0 Å². The van der Waals surface area contributed by atoms with Crippen molar-refractivity contribution in [2.75, 3.05) is 12.8 Å². The fourth-order valence-electron chi connectivity index (χ4n) is 1.19. The summed E-state index contributed by atoms with van der Waals surface area (Å²) in [6, 6.07) is 2.12. The van der Waals surface area contributed by atoms with Crippen LogP contribution in [0.3, 0.4) is 0 Å². The lowest BCUT2D eigenvalue weighted by Crippen LogP contribution is -2.14. The van der Waals surface area contributed by atoms with Crippen LogP contribution in [-0.2, 0) is 9.84 Å². The number of carbonyl (C=O) groups is 1. The van der Waals surface area contributed by atoms with E-state index in [1.54, 1.807) is 0 Å². The molecule has 0 radical (unpaired) electrons. The molecule has 0 bridgehead atoms. The van der Waals surface area contributed by atoms with E-state index in [1.165, 1.54) is 6.07 Å². The first-order valence-corrected chi connectivity index (χ1v) is 6.88. The molecule has 0 amide bonds. The van der Waals surface area contributed by atoms with Gasteiger partial charge in [-0.1, -0.05) is 0 Å². The van der Waals surface area contributed by atoms with Crippen LogP contribution in [0.15, 0.2) is 21.5 Å². The average Bonchev–Trinajstić information content (AvgIpc) is 2.13. The molecule has 0 saturated heterocycles. The molecule has 88 valence electrons. The van der Waals surface area contributed by atoms with Gasteiger partial charge in [0.25, 0.3) is 0 Å². The van der Waals surface area contributed by atoms with Gasteiger partial charge in [0.2, 0.25) is 0 Å². The van der Waals surface area contributed by atoms with Crippen LogP contribution in [0.2, 0.25) is 0 Å². The van der Waals surface area contributed by atoms with Crippen LogP contribution in [0.5, 0.6) is 0 Å². The largest absolute Gasteiger partial charge is 0.324 e. The standard InChI is InChI=1S/C9H9BrFNO3S/c1-16(14,15)9-6(10)2-5(3-7(9)11)8(13)4-12/h2-3H,4,12H2,1H3. The van der Waals surface area contributed by atoms with Crippen molar-refractivity contribution in [1.29, 1.82) is 0 Å². The normalized spacial score (nSPS) is 11.5. The van der Waals surface area contributed by atoms with Gasteiger partial charge in [0, 0.05) is 16.3 Å². The van der Waals surface area contributed by atoms with Crippen LogP contribution in [0.25, 0.3) is 0 Å². The van der Waals surface area contributed by atoms with E-state index in [0.717, 1.165) is 12.3 Å². The molecule has 0 fully saturated rings. The lowest BCUT2D eigenvalue weighted by Gasteiger charge is -2.06. The number of benzene rings is 1. The van der Waals surface area contributed by atoms with Crippen molar-refractivity contribution < 1.29 is 17.6 Å². The second-order valence-corrected chi connectivity index (χ2v) is 5.98. The average molecular weight is 310 g/mol. The number of carbonyl (C=O) groups excluding carboxylic acids is 1. The molecule has 0 spiro atoms. The van der Waals surface area contributed by atoms with E-state index in [2.05, 4.69) is 15.9 Å². The van der Waals surface area contributed by atoms with E-state index in [1.807, 2.05) is 0 Å². The molecule has 0 aromatic heterocycles. The van der Waals surface area contributed by atoms with E-state index in [4.69, 9.17) is 5.73 Å². The molecule has 4 nitrogen and oxygen atoms in total. The molecule has 2 N–H and O–H groups in total. The minimum atomic E-state index is -3.68. The van der Waals surface area contributed by atoms with Crippen LogP contribution < -0.4 is 5.73 Å². The molecule has 0 heterocycles. The summed E-state index contributed by atoms with van der Waals surface area (Å²) in [5.74, 6) is -1.42. The molecule has 0 aliphatic rings. The Bertz CT molecular complexity index is 519. The van der Waals surface area contributed by atoms with Gasteiger partial charge in [0.15, 0.2) is 15.6 Å². The van der Waals surface area contributed by atoms with Crippen molar-refractivity contribution >= 4 is 31.6 Å². The van der Waals surface area contributed by atoms with Gasteiger partial charge in [0.1, 0.15) is 10.7 Å². The Balaban J connectivity index is 3.46. The highest BCUT2D eigenvalue weighted by atomic mass is 79.9. The fourth-order valence-corrected chi connectivity index (χ4v) is 3.34. The summed E-state index contributed by atoms with van der Waals surface area (Å²) in [4.78, 5) is 10.8. The third-order valence-corrected chi connectivity index (χ3v) is 3.92. The van der Waals surface area contributed by atoms with Gasteiger partial charge in [-0.2, -0.15) is 0 Å². The first-order chi connectivity index (χ1) is 7.27. The molecule has 0 aliphatic carbocycles. The number of rotatable bonds is 3. The number of halogens is 2. The molecular formula is C9H9BrFNO3S. The predicted molar refractivity (Wildman–Crippen MR) is 60.6 cm³/mol. The van der Waals surface area contributed by atoms with E-state index >= 15 is 0 Å². The first-order valence-electron chi connectivity index (χ1n) is 4.19. The summed E-state index contributed by atoms with van der Waals surface area (Å²) in [5.41, 5.74) is 5.16. The number of hydrogen-bond acceptors (Lipinski definition) is 4. The number of hydrogen-bond donors (Lipinski definition) is 1. The lowest BCUT2D eigenvalue weighted by molar-refractivity contribution is 0.100. The molecular weight excluding hydrogens is 301 g/mol. The highest BCUT2D eigenvalue weighted by Gasteiger charge is 2.20. The topological polar surface area (TPSA) is 77.2 Å². The van der Waals surface area contributed by atoms with Gasteiger partial charge in [0.05, 0.1) is 6.54 Å². The second kappa shape index (κ2) is 4.60. The van der Waals surface area contributed by atoms with Gasteiger partial charge in [-0.05, 0) is 28.1 Å². The molecule has 1 aromatic carbocycles. The van der Waals surface area contributed by atoms with Crippen LogP contribution in [0, 0.1) is 5.82 Å². The maximum atomic E-state index is 13.5. The van der Waals surface area contributed by atoms with Crippen molar-refractivity contribution in [1.82, 2.24) is 0 Å². The van der Waals surface area contributed by atoms with Crippen molar-refractivity contribution in [2.45, 2.75) is 4.90 Å². The Morgan fingerprint density at radius 3 is 2.44 bits per heavy atom. The van der Waals surface area contributed by atoms with Gasteiger partial charge in [-0.15, -0.1) is 0 Å². The number of Topliss-reactive ketones (excluding diaryl/α,β-unsaturated/α-hetero) is 1. The molecule has 0 saturated carbocycles. The smallest absolute Gasteiger partial charge is 0.179 e. The predicted octanol–water partition coefficient (Wildman–Crippen LogP) is 1.13. The quantitative estimate of drug-likeness (QED) is 0.849. The number of ketones is 1. The zero-order valence-electron chi connectivity index (χ0n) is 8.33. The first kappa shape index (κ1) is 13.3. The summed E-state index contributed by atoms with van der Waals surface area (Å²) in [6.45, 7) is -0.260. The summed E-state index contributed by atoms with van der Waals surface area (Å²) < 4.78 is 36.0. The molecule has 16 heavy (non-hydrogen) atoms. The maximum absolute atomic E-state index is 13.5. The molecule has 7 heteroatoms. The van der Waals surface area contributed by atoms with Gasteiger partial charge in [-0.3, -0.25) is 4.79 Å². The maximum Gasteiger partial charge on any atom is 0.179 e. The van der Waals surface area contributed by atoms with Gasteiger partial charge >= 0.3 is 0 Å². The molecule has 0 unspecified atom stereocenters. The lowest BCUT2D eigenvalue weighted by atomic mass is 10.1. The van der Waals surface area contributed by atoms with E-state index in [9.17, 15) is 17.6 Å². The Hall–Kier alpha value is -0.790. The van der Waals surface area contributed by atoms with Crippen molar-refractivity contribution in [2.24, 2.45) is 5.73 Å². The highest BCUT2D eigenvalue weighted by molar-refractivity contribution is 9.10. The minimum Gasteiger partial charge on any atom is -0.324 e. The van der Waals surface area contributed by atoms with E-state index in [-0.39, 0.29) is 16.6 Å². The molecule has 1 aromatic rings. The van der Waals surface area contributed by atoms with Crippen LogP contribution >= 0.6 is 15.9 Å². The molecule has 1 rings (SSSR count). The minimum absolute atomic E-state index is 0.0202. The van der Waals surface area contributed by atoms with Gasteiger partial charge < -0.3 is 5.73 Å². The van der Waals surface area contributed by atoms with E-state index in [0.29, 0.717) is 0 Å². The SMILES string of the molecule is CS(=O)(=O)c1c(F)cc(C(=O)CN)cc1Br. The summed E-state index contributed by atoms with van der Waals surface area (Å²) >= 11 is 2.92. The monoisotopic (exact) mass is 309 g/mol. The Kier molecular flexibility index (Phi) is 3.82. The summed E-state index contributed by atoms with van der Waals surface area (Å²) in [5, 5.41) is 0.